The minimum absolute atomic E-state index is 0.0871. The number of carbonyl (C=O) groups is 2. The largest absolute Gasteiger partial charge is 0.380 e. The molecule has 150 valence electrons. The van der Waals surface area contributed by atoms with E-state index in [1.54, 1.807) is 44.2 Å². The summed E-state index contributed by atoms with van der Waals surface area (Å²) in [5, 5.41) is 11.7. The van der Waals surface area contributed by atoms with Gasteiger partial charge in [-0.2, -0.15) is 5.26 Å². The van der Waals surface area contributed by atoms with Gasteiger partial charge in [0.25, 0.3) is 11.8 Å². The Morgan fingerprint density at radius 3 is 2.48 bits per heavy atom. The Kier molecular flexibility index (Phi) is 6.11. The number of ether oxygens (including phenoxy) is 1. The standard InChI is InChI=1S/C20H18ClFN4O3/c1-3-29-10-16(24-18-15(22)8-12(9-23)17(21)25-18)11(2)26-19(27)13-6-4-5-7-14(13)20(26)28/h4-8,11,16H,3,10H2,1-2H3,(H,24,25)/t11-,16+/m0/s1. The lowest BCUT2D eigenvalue weighted by Crippen LogP contribution is -2.50. The zero-order valence-electron chi connectivity index (χ0n) is 15.8. The molecule has 0 spiro atoms. The van der Waals surface area contributed by atoms with E-state index in [-0.39, 0.29) is 23.1 Å². The molecular weight excluding hydrogens is 399 g/mol. The van der Waals surface area contributed by atoms with Crippen molar-refractivity contribution in [2.45, 2.75) is 25.9 Å². The average Bonchev–Trinajstić information content (AvgIpc) is 2.97. The Hall–Kier alpha value is -3.02. The molecule has 0 aliphatic carbocycles. The van der Waals surface area contributed by atoms with Gasteiger partial charge in [0.2, 0.25) is 0 Å². The van der Waals surface area contributed by atoms with Crippen molar-refractivity contribution < 1.29 is 18.7 Å². The van der Waals surface area contributed by atoms with Gasteiger partial charge >= 0.3 is 0 Å². The van der Waals surface area contributed by atoms with Gasteiger partial charge in [0.05, 0.1) is 35.4 Å². The smallest absolute Gasteiger partial charge is 0.261 e. The number of fused-ring (bicyclic) bond motifs is 1. The van der Waals surface area contributed by atoms with E-state index < -0.39 is 29.7 Å². The summed E-state index contributed by atoms with van der Waals surface area (Å²) in [4.78, 5) is 30.6. The van der Waals surface area contributed by atoms with Crippen LogP contribution in [0.5, 0.6) is 0 Å². The van der Waals surface area contributed by atoms with Crippen LogP contribution in [0.1, 0.15) is 40.1 Å². The van der Waals surface area contributed by atoms with E-state index in [0.29, 0.717) is 17.7 Å². The minimum Gasteiger partial charge on any atom is -0.380 e. The highest BCUT2D eigenvalue weighted by Gasteiger charge is 2.41. The van der Waals surface area contributed by atoms with Gasteiger partial charge < -0.3 is 10.1 Å². The van der Waals surface area contributed by atoms with E-state index in [0.717, 1.165) is 11.0 Å². The van der Waals surface area contributed by atoms with Crippen LogP contribution in [-0.2, 0) is 4.74 Å². The molecule has 2 amide bonds. The fourth-order valence-corrected chi connectivity index (χ4v) is 3.31. The van der Waals surface area contributed by atoms with Crippen LogP contribution in [0.2, 0.25) is 5.15 Å². The monoisotopic (exact) mass is 416 g/mol. The molecule has 2 aromatic rings. The molecule has 2 heterocycles. The molecule has 7 nitrogen and oxygen atoms in total. The SMILES string of the molecule is CCOC[C@@H](Nc1nc(Cl)c(C#N)cc1F)[C@H](C)N1C(=O)c2ccccc2C1=O. The Morgan fingerprint density at radius 2 is 1.93 bits per heavy atom. The quantitative estimate of drug-likeness (QED) is 0.550. The summed E-state index contributed by atoms with van der Waals surface area (Å²) >= 11 is 5.91. The molecule has 29 heavy (non-hydrogen) atoms. The molecule has 2 atom stereocenters. The van der Waals surface area contributed by atoms with Gasteiger partial charge in [-0.3, -0.25) is 14.5 Å². The summed E-state index contributed by atoms with van der Waals surface area (Å²) in [7, 11) is 0. The number of halogens is 2. The van der Waals surface area contributed by atoms with Crippen molar-refractivity contribution in [1.82, 2.24) is 9.88 Å². The number of nitrogens with one attached hydrogen (secondary N) is 1. The summed E-state index contributed by atoms with van der Waals surface area (Å²) in [6, 6.07) is 7.95. The minimum atomic E-state index is -0.776. The van der Waals surface area contributed by atoms with Crippen molar-refractivity contribution in [3.05, 3.63) is 58.0 Å². The lowest BCUT2D eigenvalue weighted by atomic mass is 10.1. The number of amides is 2. The number of aromatic nitrogens is 1. The van der Waals surface area contributed by atoms with Crippen LogP contribution in [-0.4, -0.2) is 47.0 Å². The summed E-state index contributed by atoms with van der Waals surface area (Å²) in [5.74, 6) is -1.82. The molecule has 0 fully saturated rings. The van der Waals surface area contributed by atoms with Crippen LogP contribution in [0.25, 0.3) is 0 Å². The molecule has 1 aliphatic heterocycles. The highest BCUT2D eigenvalue weighted by molar-refractivity contribution is 6.30. The molecule has 0 saturated heterocycles. The Labute approximate surface area is 172 Å². The van der Waals surface area contributed by atoms with Crippen LogP contribution in [0.3, 0.4) is 0 Å². The molecular formula is C20H18ClFN4O3. The third-order valence-electron chi connectivity index (χ3n) is 4.69. The normalized spacial score (nSPS) is 15.1. The zero-order chi connectivity index (χ0) is 21.1. The number of nitriles is 1. The second kappa shape index (κ2) is 8.55. The van der Waals surface area contributed by atoms with Gasteiger partial charge in [-0.15, -0.1) is 0 Å². The number of hydrogen-bond donors (Lipinski definition) is 1. The summed E-state index contributed by atoms with van der Waals surface area (Å²) < 4.78 is 19.8. The first-order chi connectivity index (χ1) is 13.9. The molecule has 0 bridgehead atoms. The number of hydrogen-bond acceptors (Lipinski definition) is 6. The summed E-state index contributed by atoms with van der Waals surface area (Å²) in [6.45, 7) is 3.93. The second-order valence-electron chi connectivity index (χ2n) is 6.45. The molecule has 0 radical (unpaired) electrons. The number of nitrogens with zero attached hydrogens (tertiary/aromatic N) is 3. The van der Waals surface area contributed by atoms with E-state index >= 15 is 0 Å². The van der Waals surface area contributed by atoms with E-state index in [1.807, 2.05) is 0 Å². The second-order valence-corrected chi connectivity index (χ2v) is 6.80. The van der Waals surface area contributed by atoms with E-state index in [2.05, 4.69) is 10.3 Å². The molecule has 3 rings (SSSR count). The van der Waals surface area contributed by atoms with Crippen LogP contribution in [0, 0.1) is 17.1 Å². The van der Waals surface area contributed by atoms with Crippen molar-refractivity contribution >= 4 is 29.2 Å². The maximum Gasteiger partial charge on any atom is 0.261 e. The molecule has 1 aromatic carbocycles. The van der Waals surface area contributed by atoms with Crippen molar-refractivity contribution in [1.29, 1.82) is 5.26 Å². The highest BCUT2D eigenvalue weighted by Crippen LogP contribution is 2.27. The van der Waals surface area contributed by atoms with E-state index in [9.17, 15) is 14.0 Å². The number of imide groups is 1. The van der Waals surface area contributed by atoms with Gasteiger partial charge in [-0.25, -0.2) is 9.37 Å². The predicted octanol–water partition coefficient (Wildman–Crippen LogP) is 3.25. The molecule has 1 N–H and O–H groups in total. The van der Waals surface area contributed by atoms with Gasteiger partial charge in [-0.1, -0.05) is 23.7 Å². The maximum atomic E-state index is 14.4. The fraction of sp³-hybridized carbons (Fsp3) is 0.300. The van der Waals surface area contributed by atoms with E-state index in [4.69, 9.17) is 21.6 Å². The number of benzene rings is 1. The van der Waals surface area contributed by atoms with E-state index in [1.165, 1.54) is 0 Å². The molecule has 0 unspecified atom stereocenters. The fourth-order valence-electron chi connectivity index (χ4n) is 3.13. The van der Waals surface area contributed by atoms with Crippen LogP contribution in [0.15, 0.2) is 30.3 Å². The van der Waals surface area contributed by atoms with Crippen LogP contribution < -0.4 is 5.32 Å². The summed E-state index contributed by atoms with van der Waals surface area (Å²) in [5.41, 5.74) is 0.555. The van der Waals surface area contributed by atoms with Gasteiger partial charge in [-0.05, 0) is 32.0 Å². The number of rotatable bonds is 7. The Morgan fingerprint density at radius 1 is 1.31 bits per heavy atom. The first-order valence-corrected chi connectivity index (χ1v) is 9.34. The van der Waals surface area contributed by atoms with Crippen molar-refractivity contribution in [2.75, 3.05) is 18.5 Å². The summed E-state index contributed by atoms with van der Waals surface area (Å²) in [6.07, 6.45) is 0. The number of anilines is 1. The molecule has 9 heteroatoms. The van der Waals surface area contributed by atoms with Crippen LogP contribution >= 0.6 is 11.6 Å². The molecule has 1 aliphatic rings. The van der Waals surface area contributed by atoms with Crippen molar-refractivity contribution in [2.24, 2.45) is 0 Å². The number of pyridine rings is 1. The Bertz CT molecular complexity index is 973. The lowest BCUT2D eigenvalue weighted by Gasteiger charge is -2.31. The molecule has 1 aromatic heterocycles. The van der Waals surface area contributed by atoms with Crippen molar-refractivity contribution in [3.63, 3.8) is 0 Å². The first kappa shape index (κ1) is 20.7. The maximum absolute atomic E-state index is 14.4. The van der Waals surface area contributed by atoms with Crippen LogP contribution in [0.4, 0.5) is 10.2 Å². The number of carbonyl (C=O) groups excluding carboxylic acids is 2. The molecule has 0 saturated carbocycles. The van der Waals surface area contributed by atoms with Crippen molar-refractivity contribution in [3.8, 4) is 6.07 Å². The van der Waals surface area contributed by atoms with Gasteiger partial charge in [0.1, 0.15) is 11.2 Å². The average molecular weight is 417 g/mol. The van der Waals surface area contributed by atoms with Gasteiger partial charge in [0.15, 0.2) is 11.6 Å². The first-order valence-electron chi connectivity index (χ1n) is 8.96. The predicted molar refractivity (Wildman–Crippen MR) is 104 cm³/mol. The third kappa shape index (κ3) is 3.92. The third-order valence-corrected chi connectivity index (χ3v) is 4.98. The highest BCUT2D eigenvalue weighted by atomic mass is 35.5. The zero-order valence-corrected chi connectivity index (χ0v) is 16.5. The Balaban J connectivity index is 1.90. The topological polar surface area (TPSA) is 95.3 Å². The van der Waals surface area contributed by atoms with Gasteiger partial charge in [0, 0.05) is 6.61 Å². The lowest BCUT2D eigenvalue weighted by molar-refractivity contribution is 0.0528.